The van der Waals surface area contributed by atoms with Crippen molar-refractivity contribution in [2.24, 2.45) is 0 Å². The van der Waals surface area contributed by atoms with Gasteiger partial charge in [-0.2, -0.15) is 0 Å². The normalized spacial score (nSPS) is 17.8. The highest BCUT2D eigenvalue weighted by atomic mass is 35.5. The molecule has 4 rings (SSSR count). The van der Waals surface area contributed by atoms with Crippen LogP contribution in [0.4, 0.5) is 0 Å². The molecule has 6 heteroatoms. The Bertz CT molecular complexity index is 994. The van der Waals surface area contributed by atoms with Crippen molar-refractivity contribution >= 4 is 32.5 Å². The van der Waals surface area contributed by atoms with Crippen molar-refractivity contribution in [3.05, 3.63) is 64.8 Å². The number of H-pyrrole nitrogens is 1. The summed E-state index contributed by atoms with van der Waals surface area (Å²) in [4.78, 5) is 3.69. The number of hydrogen-bond acceptors (Lipinski definition) is 2. The number of halogens is 1. The van der Waals surface area contributed by atoms with Crippen LogP contribution in [0.15, 0.2) is 53.4 Å². The van der Waals surface area contributed by atoms with Gasteiger partial charge in [-0.25, -0.2) is 13.1 Å². The van der Waals surface area contributed by atoms with E-state index in [1.54, 1.807) is 12.1 Å². The van der Waals surface area contributed by atoms with Crippen LogP contribution in [0.5, 0.6) is 0 Å². The van der Waals surface area contributed by atoms with E-state index in [9.17, 15) is 8.42 Å². The first-order chi connectivity index (χ1) is 11.5. The molecular weight excluding hydrogens is 344 g/mol. The Kier molecular flexibility index (Phi) is 3.87. The maximum atomic E-state index is 12.6. The van der Waals surface area contributed by atoms with Gasteiger partial charge < -0.3 is 4.98 Å². The number of rotatable bonds is 3. The first-order valence-electron chi connectivity index (χ1n) is 7.89. The lowest BCUT2D eigenvalue weighted by atomic mass is 9.92. The summed E-state index contributed by atoms with van der Waals surface area (Å²) in [6.45, 7) is 0. The predicted octanol–water partition coefficient (Wildman–Crippen LogP) is 3.66. The van der Waals surface area contributed by atoms with E-state index in [1.807, 2.05) is 12.1 Å². The van der Waals surface area contributed by atoms with Gasteiger partial charge in [0.2, 0.25) is 10.0 Å². The molecule has 0 bridgehead atoms. The molecule has 0 radical (unpaired) electrons. The quantitative estimate of drug-likeness (QED) is 0.748. The summed E-state index contributed by atoms with van der Waals surface area (Å²) in [5.41, 5.74) is 3.56. The molecule has 1 heterocycles. The largest absolute Gasteiger partial charge is 0.358 e. The lowest BCUT2D eigenvalue weighted by Gasteiger charge is -2.23. The predicted molar refractivity (Wildman–Crippen MR) is 95.9 cm³/mol. The number of fused-ring (bicyclic) bond motifs is 3. The summed E-state index contributed by atoms with van der Waals surface area (Å²) in [5.74, 6) is 0. The molecule has 124 valence electrons. The Morgan fingerprint density at radius 3 is 2.62 bits per heavy atom. The van der Waals surface area contributed by atoms with E-state index in [2.05, 4.69) is 21.8 Å². The summed E-state index contributed by atoms with van der Waals surface area (Å²) in [5, 5.41) is 1.71. The molecule has 4 nitrogen and oxygen atoms in total. The van der Waals surface area contributed by atoms with Gasteiger partial charge >= 0.3 is 0 Å². The van der Waals surface area contributed by atoms with Crippen molar-refractivity contribution in [2.75, 3.05) is 0 Å². The number of aryl methyl sites for hydroxylation is 1. The minimum atomic E-state index is -3.53. The highest BCUT2D eigenvalue weighted by Crippen LogP contribution is 2.29. The van der Waals surface area contributed by atoms with Gasteiger partial charge in [-0.05, 0) is 55.2 Å². The van der Waals surface area contributed by atoms with Gasteiger partial charge in [0.1, 0.15) is 0 Å². The molecular formula is C18H17ClN2O2S. The molecule has 1 unspecified atom stereocenters. The van der Waals surface area contributed by atoms with Gasteiger partial charge in [0.15, 0.2) is 0 Å². The summed E-state index contributed by atoms with van der Waals surface area (Å²) >= 11 is 5.83. The molecule has 2 aromatic carbocycles. The van der Waals surface area contributed by atoms with Gasteiger partial charge in [0.05, 0.1) is 4.90 Å². The molecule has 1 aliphatic carbocycles. The number of benzene rings is 2. The van der Waals surface area contributed by atoms with Crippen molar-refractivity contribution in [3.63, 3.8) is 0 Å². The van der Waals surface area contributed by atoms with Crippen LogP contribution in [-0.2, 0) is 22.9 Å². The lowest BCUT2D eigenvalue weighted by Crippen LogP contribution is -2.38. The maximum Gasteiger partial charge on any atom is 0.240 e. The monoisotopic (exact) mass is 360 g/mol. The first kappa shape index (κ1) is 15.7. The summed E-state index contributed by atoms with van der Waals surface area (Å²) in [7, 11) is -3.53. The van der Waals surface area contributed by atoms with Crippen LogP contribution in [0.2, 0.25) is 5.02 Å². The molecule has 0 saturated carbocycles. The topological polar surface area (TPSA) is 62.0 Å². The number of para-hydroxylation sites is 1. The van der Waals surface area contributed by atoms with Crippen molar-refractivity contribution in [2.45, 2.75) is 30.2 Å². The van der Waals surface area contributed by atoms with E-state index in [1.165, 1.54) is 28.8 Å². The molecule has 2 N–H and O–H groups in total. The molecule has 3 aromatic rings. The third-order valence-electron chi connectivity index (χ3n) is 4.54. The fourth-order valence-corrected chi connectivity index (χ4v) is 4.77. The number of nitrogens with one attached hydrogen (secondary N) is 2. The number of aromatic amines is 1. The van der Waals surface area contributed by atoms with Crippen molar-refractivity contribution in [1.29, 1.82) is 0 Å². The second-order valence-electron chi connectivity index (χ2n) is 6.14. The third-order valence-corrected chi connectivity index (χ3v) is 6.33. The van der Waals surface area contributed by atoms with Gasteiger partial charge in [-0.15, -0.1) is 0 Å². The summed E-state index contributed by atoms with van der Waals surface area (Å²) in [6.07, 6.45) is 2.33. The average molecular weight is 361 g/mol. The third kappa shape index (κ3) is 2.83. The summed E-state index contributed by atoms with van der Waals surface area (Å²) < 4.78 is 28.0. The minimum absolute atomic E-state index is 0.0996. The van der Waals surface area contributed by atoms with E-state index in [0.29, 0.717) is 11.4 Å². The van der Waals surface area contributed by atoms with Crippen molar-refractivity contribution < 1.29 is 8.42 Å². The van der Waals surface area contributed by atoms with Crippen molar-refractivity contribution in [3.8, 4) is 0 Å². The van der Waals surface area contributed by atoms with Crippen LogP contribution >= 0.6 is 11.6 Å². The number of sulfonamides is 1. The van der Waals surface area contributed by atoms with Crippen LogP contribution in [0.25, 0.3) is 10.9 Å². The zero-order valence-corrected chi connectivity index (χ0v) is 14.5. The van der Waals surface area contributed by atoms with Crippen LogP contribution in [0.3, 0.4) is 0 Å². The molecule has 0 fully saturated rings. The van der Waals surface area contributed by atoms with Gasteiger partial charge in [0, 0.05) is 27.7 Å². The molecule has 1 aromatic heterocycles. The Morgan fingerprint density at radius 2 is 1.83 bits per heavy atom. The van der Waals surface area contributed by atoms with Crippen LogP contribution in [0, 0.1) is 0 Å². The van der Waals surface area contributed by atoms with Crippen LogP contribution < -0.4 is 4.72 Å². The van der Waals surface area contributed by atoms with Gasteiger partial charge in [-0.1, -0.05) is 29.8 Å². The Labute approximate surface area is 145 Å². The SMILES string of the molecule is O=S(=O)(NC1CCc2[nH]c3ccccc3c2C1)c1ccc(Cl)cc1. The highest BCUT2D eigenvalue weighted by Gasteiger charge is 2.26. The van der Waals surface area contributed by atoms with Crippen molar-refractivity contribution in [1.82, 2.24) is 9.71 Å². The number of aromatic nitrogens is 1. The van der Waals surface area contributed by atoms with E-state index in [-0.39, 0.29) is 10.9 Å². The molecule has 1 aliphatic rings. The zero-order chi connectivity index (χ0) is 16.7. The molecule has 0 saturated heterocycles. The maximum absolute atomic E-state index is 12.6. The molecule has 0 spiro atoms. The second kappa shape index (κ2) is 5.92. The van der Waals surface area contributed by atoms with Gasteiger partial charge in [-0.3, -0.25) is 0 Å². The lowest BCUT2D eigenvalue weighted by molar-refractivity contribution is 0.506. The van der Waals surface area contributed by atoms with E-state index in [4.69, 9.17) is 11.6 Å². The fourth-order valence-electron chi connectivity index (χ4n) is 3.37. The Morgan fingerprint density at radius 1 is 1.08 bits per heavy atom. The second-order valence-corrected chi connectivity index (χ2v) is 8.29. The fraction of sp³-hybridized carbons (Fsp3) is 0.222. The Balaban J connectivity index is 1.59. The summed E-state index contributed by atoms with van der Waals surface area (Å²) in [6, 6.07) is 14.3. The Hall–Kier alpha value is -1.82. The zero-order valence-electron chi connectivity index (χ0n) is 12.9. The van der Waals surface area contributed by atoms with Crippen LogP contribution in [0.1, 0.15) is 17.7 Å². The molecule has 0 aliphatic heterocycles. The van der Waals surface area contributed by atoms with E-state index in [0.717, 1.165) is 18.4 Å². The first-order valence-corrected chi connectivity index (χ1v) is 9.75. The average Bonchev–Trinajstić information content (AvgIpc) is 2.93. The van der Waals surface area contributed by atoms with Gasteiger partial charge in [0.25, 0.3) is 0 Å². The van der Waals surface area contributed by atoms with E-state index >= 15 is 0 Å². The van der Waals surface area contributed by atoms with Crippen LogP contribution in [-0.4, -0.2) is 19.4 Å². The molecule has 0 amide bonds. The standard InChI is InChI=1S/C18H17ClN2O2S/c19-12-5-8-14(9-6-12)24(22,23)21-13-7-10-18-16(11-13)15-3-1-2-4-17(15)20-18/h1-6,8-9,13,20-21H,7,10-11H2. The number of hydrogen-bond donors (Lipinski definition) is 2. The highest BCUT2D eigenvalue weighted by molar-refractivity contribution is 7.89. The van der Waals surface area contributed by atoms with E-state index < -0.39 is 10.0 Å². The minimum Gasteiger partial charge on any atom is -0.358 e. The smallest absolute Gasteiger partial charge is 0.240 e. The molecule has 24 heavy (non-hydrogen) atoms. The molecule has 1 atom stereocenters.